The quantitative estimate of drug-likeness (QED) is 0.397. The summed E-state index contributed by atoms with van der Waals surface area (Å²) in [5, 5.41) is 7.45. The molecule has 0 saturated carbocycles. The number of anilines is 1. The first-order valence-corrected chi connectivity index (χ1v) is 11.1. The summed E-state index contributed by atoms with van der Waals surface area (Å²) in [6.07, 6.45) is 0.666. The van der Waals surface area contributed by atoms with Gasteiger partial charge in [-0.3, -0.25) is 14.4 Å². The summed E-state index contributed by atoms with van der Waals surface area (Å²) < 4.78 is 32.7. The van der Waals surface area contributed by atoms with Gasteiger partial charge in [0.25, 0.3) is 5.91 Å². The van der Waals surface area contributed by atoms with E-state index in [2.05, 4.69) is 5.32 Å². The van der Waals surface area contributed by atoms with Crippen LogP contribution in [0.1, 0.15) is 36.5 Å². The number of sulfonamides is 1. The maximum Gasteiger partial charge on any atom is 0.306 e. The van der Waals surface area contributed by atoms with Gasteiger partial charge in [-0.25, -0.2) is 13.6 Å². The highest BCUT2D eigenvalue weighted by Gasteiger charge is 2.13. The van der Waals surface area contributed by atoms with E-state index in [4.69, 9.17) is 14.6 Å². The smallest absolute Gasteiger partial charge is 0.306 e. The number of ketones is 1. The van der Waals surface area contributed by atoms with Gasteiger partial charge in [-0.1, -0.05) is 6.92 Å². The van der Waals surface area contributed by atoms with Gasteiger partial charge in [0.1, 0.15) is 5.75 Å². The molecule has 166 valence electrons. The largest absolute Gasteiger partial charge is 0.494 e. The number of benzene rings is 2. The molecule has 0 aliphatic carbocycles. The molecule has 0 bridgehead atoms. The molecule has 2 aromatic carbocycles. The SMILES string of the molecule is CCCOc1ccc(C(=O)CCC(=O)OCC(=O)Nc2ccc(S(N)(=O)=O)cc2)cc1. The molecule has 0 aliphatic heterocycles. The van der Waals surface area contributed by atoms with Crippen molar-refractivity contribution in [2.45, 2.75) is 31.1 Å². The highest BCUT2D eigenvalue weighted by molar-refractivity contribution is 7.89. The van der Waals surface area contributed by atoms with Crippen LogP contribution < -0.4 is 15.2 Å². The highest BCUT2D eigenvalue weighted by atomic mass is 32.2. The maximum absolute atomic E-state index is 12.2. The Morgan fingerprint density at radius 1 is 0.968 bits per heavy atom. The van der Waals surface area contributed by atoms with Gasteiger partial charge in [-0.05, 0) is 55.0 Å². The van der Waals surface area contributed by atoms with Crippen molar-refractivity contribution < 1.29 is 32.3 Å². The summed E-state index contributed by atoms with van der Waals surface area (Å²) in [5.41, 5.74) is 0.771. The Morgan fingerprint density at radius 3 is 2.19 bits per heavy atom. The lowest BCUT2D eigenvalue weighted by Crippen LogP contribution is -2.21. The minimum atomic E-state index is -3.82. The molecular formula is C21H24N2O7S. The van der Waals surface area contributed by atoms with E-state index in [1.165, 1.54) is 24.3 Å². The molecule has 2 rings (SSSR count). The Morgan fingerprint density at radius 2 is 1.61 bits per heavy atom. The Hall–Kier alpha value is -3.24. The van der Waals surface area contributed by atoms with Crippen LogP contribution in [0.25, 0.3) is 0 Å². The van der Waals surface area contributed by atoms with Crippen LogP contribution in [-0.2, 0) is 24.3 Å². The third kappa shape index (κ3) is 8.19. The van der Waals surface area contributed by atoms with Crippen LogP contribution in [0.2, 0.25) is 0 Å². The lowest BCUT2D eigenvalue weighted by atomic mass is 10.1. The number of esters is 1. The van der Waals surface area contributed by atoms with Crippen LogP contribution in [0.4, 0.5) is 5.69 Å². The monoisotopic (exact) mass is 448 g/mol. The lowest BCUT2D eigenvalue weighted by Gasteiger charge is -2.08. The summed E-state index contributed by atoms with van der Waals surface area (Å²) in [4.78, 5) is 35.7. The Labute approximate surface area is 180 Å². The molecule has 0 atom stereocenters. The second-order valence-corrected chi connectivity index (χ2v) is 8.14. The van der Waals surface area contributed by atoms with E-state index < -0.39 is 28.5 Å². The fourth-order valence-electron chi connectivity index (χ4n) is 2.46. The van der Waals surface area contributed by atoms with Crippen LogP contribution in [0.3, 0.4) is 0 Å². The molecule has 10 heteroatoms. The molecule has 9 nitrogen and oxygen atoms in total. The number of ether oxygens (including phenoxy) is 2. The number of nitrogens with two attached hydrogens (primary N) is 1. The number of rotatable bonds is 11. The third-order valence-electron chi connectivity index (χ3n) is 4.04. The van der Waals surface area contributed by atoms with Gasteiger partial charge in [0.2, 0.25) is 10.0 Å². The van der Waals surface area contributed by atoms with E-state index in [1.807, 2.05) is 6.92 Å². The first-order valence-electron chi connectivity index (χ1n) is 9.53. The Balaban J connectivity index is 1.73. The van der Waals surface area contributed by atoms with E-state index in [1.54, 1.807) is 24.3 Å². The minimum Gasteiger partial charge on any atom is -0.494 e. The van der Waals surface area contributed by atoms with Crippen molar-refractivity contribution in [3.63, 3.8) is 0 Å². The van der Waals surface area contributed by atoms with Gasteiger partial charge in [-0.15, -0.1) is 0 Å². The maximum atomic E-state index is 12.2. The first kappa shape index (κ1) is 24.0. The average molecular weight is 448 g/mol. The van der Waals surface area contributed by atoms with E-state index in [0.29, 0.717) is 23.6 Å². The molecular weight excluding hydrogens is 424 g/mol. The predicted octanol–water partition coefficient (Wildman–Crippen LogP) is 2.27. The first-order chi connectivity index (χ1) is 14.7. The van der Waals surface area contributed by atoms with Crippen molar-refractivity contribution in [1.29, 1.82) is 0 Å². The number of Topliss-reactive ketones (excluding diaryl/α,β-unsaturated/α-hetero) is 1. The average Bonchev–Trinajstić information content (AvgIpc) is 2.74. The van der Waals surface area contributed by atoms with Crippen molar-refractivity contribution in [2.75, 3.05) is 18.5 Å². The van der Waals surface area contributed by atoms with E-state index in [0.717, 1.165) is 6.42 Å². The summed E-state index contributed by atoms with van der Waals surface area (Å²) in [6.45, 7) is 2.05. The summed E-state index contributed by atoms with van der Waals surface area (Å²) >= 11 is 0. The minimum absolute atomic E-state index is 0.0510. The second-order valence-electron chi connectivity index (χ2n) is 6.57. The second kappa shape index (κ2) is 11.2. The predicted molar refractivity (Wildman–Crippen MR) is 113 cm³/mol. The molecule has 0 fully saturated rings. The zero-order chi connectivity index (χ0) is 22.9. The topological polar surface area (TPSA) is 142 Å². The molecule has 0 heterocycles. The van der Waals surface area contributed by atoms with Gasteiger partial charge in [0.05, 0.1) is 17.9 Å². The van der Waals surface area contributed by atoms with Crippen LogP contribution in [0.5, 0.6) is 5.75 Å². The molecule has 0 unspecified atom stereocenters. The number of carbonyl (C=O) groups is 3. The van der Waals surface area contributed by atoms with Crippen molar-refractivity contribution in [2.24, 2.45) is 5.14 Å². The number of nitrogens with one attached hydrogen (secondary N) is 1. The van der Waals surface area contributed by atoms with Gasteiger partial charge in [0, 0.05) is 17.7 Å². The van der Waals surface area contributed by atoms with Crippen molar-refractivity contribution in [3.05, 3.63) is 54.1 Å². The molecule has 0 aliphatic rings. The number of carbonyl (C=O) groups excluding carboxylic acids is 3. The van der Waals surface area contributed by atoms with Crippen molar-refractivity contribution in [3.8, 4) is 5.75 Å². The van der Waals surface area contributed by atoms with Crippen LogP contribution in [-0.4, -0.2) is 39.3 Å². The van der Waals surface area contributed by atoms with Gasteiger partial charge in [-0.2, -0.15) is 0 Å². The van der Waals surface area contributed by atoms with E-state index in [-0.39, 0.29) is 23.5 Å². The van der Waals surface area contributed by atoms with E-state index in [9.17, 15) is 22.8 Å². The number of hydrogen-bond donors (Lipinski definition) is 2. The molecule has 0 spiro atoms. The normalized spacial score (nSPS) is 10.9. The van der Waals surface area contributed by atoms with Crippen molar-refractivity contribution >= 4 is 33.4 Å². The summed E-state index contributed by atoms with van der Waals surface area (Å²) in [5.74, 6) is -0.844. The molecule has 31 heavy (non-hydrogen) atoms. The fourth-order valence-corrected chi connectivity index (χ4v) is 2.98. The molecule has 0 saturated heterocycles. The van der Waals surface area contributed by atoms with Gasteiger partial charge >= 0.3 is 5.97 Å². The molecule has 3 N–H and O–H groups in total. The zero-order valence-electron chi connectivity index (χ0n) is 17.0. The zero-order valence-corrected chi connectivity index (χ0v) is 17.8. The third-order valence-corrected chi connectivity index (χ3v) is 4.97. The molecule has 0 aromatic heterocycles. The van der Waals surface area contributed by atoms with Crippen molar-refractivity contribution in [1.82, 2.24) is 0 Å². The number of primary sulfonamides is 1. The Kier molecular flexibility index (Phi) is 8.71. The standard InChI is InChI=1S/C21H24N2O7S/c1-2-13-29-17-7-3-15(4-8-17)19(24)11-12-21(26)30-14-20(25)23-16-5-9-18(10-6-16)31(22,27)28/h3-10H,2,11-14H2,1H3,(H,23,25)(H2,22,27,28). The van der Waals surface area contributed by atoms with Gasteiger partial charge < -0.3 is 14.8 Å². The Bertz CT molecular complexity index is 1020. The highest BCUT2D eigenvalue weighted by Crippen LogP contribution is 2.15. The van der Waals surface area contributed by atoms with Crippen LogP contribution >= 0.6 is 0 Å². The van der Waals surface area contributed by atoms with Crippen LogP contribution in [0.15, 0.2) is 53.4 Å². The summed E-state index contributed by atoms with van der Waals surface area (Å²) in [7, 11) is -3.82. The fraction of sp³-hybridized carbons (Fsp3) is 0.286. The molecule has 2 aromatic rings. The van der Waals surface area contributed by atoms with Crippen LogP contribution in [0, 0.1) is 0 Å². The number of amides is 1. The number of hydrogen-bond acceptors (Lipinski definition) is 7. The summed E-state index contributed by atoms with van der Waals surface area (Å²) in [6, 6.07) is 11.9. The molecule has 0 radical (unpaired) electrons. The van der Waals surface area contributed by atoms with E-state index >= 15 is 0 Å². The lowest BCUT2D eigenvalue weighted by molar-refractivity contribution is -0.147. The van der Waals surface area contributed by atoms with Gasteiger partial charge in [0.15, 0.2) is 12.4 Å². The molecule has 1 amide bonds.